The van der Waals surface area contributed by atoms with Gasteiger partial charge in [-0.1, -0.05) is 253 Å². The van der Waals surface area contributed by atoms with E-state index in [1.54, 1.807) is 0 Å². The summed E-state index contributed by atoms with van der Waals surface area (Å²) in [6.45, 7) is 23.5. The topological polar surface area (TPSA) is 56.3 Å². The van der Waals surface area contributed by atoms with E-state index >= 15 is 0 Å². The zero-order chi connectivity index (χ0) is 52.1. The molecule has 0 aromatic heterocycles. The molecule has 0 saturated carbocycles. The van der Waals surface area contributed by atoms with Gasteiger partial charge in [0.1, 0.15) is 0 Å². The summed E-state index contributed by atoms with van der Waals surface area (Å²) in [6.07, 6.45) is 58.4. The van der Waals surface area contributed by atoms with Crippen LogP contribution in [0.4, 0.5) is 0 Å². The largest absolute Gasteiger partial charge is 0.466 e. The molecule has 7 nitrogen and oxygen atoms in total. The number of hydrogen-bond donors (Lipinski definition) is 0. The van der Waals surface area contributed by atoms with E-state index in [2.05, 4.69) is 54.2 Å². The zero-order valence-corrected chi connectivity index (χ0v) is 49.9. The maximum absolute atomic E-state index is 14.3. The van der Waals surface area contributed by atoms with Gasteiger partial charge in [-0.25, -0.2) is 0 Å². The fourth-order valence-electron chi connectivity index (χ4n) is 11.2. The van der Waals surface area contributed by atoms with Crippen LogP contribution in [0.3, 0.4) is 0 Å². The number of esters is 1. The van der Waals surface area contributed by atoms with Gasteiger partial charge in [-0.05, 0) is 109 Å². The van der Waals surface area contributed by atoms with Gasteiger partial charge in [0, 0.05) is 32.6 Å². The summed E-state index contributed by atoms with van der Waals surface area (Å²) in [4.78, 5) is 37.1. The number of piperidine rings is 1. The molecule has 1 atom stereocenters. The Morgan fingerprint density at radius 2 is 0.722 bits per heavy atom. The van der Waals surface area contributed by atoms with Crippen LogP contribution < -0.4 is 0 Å². The van der Waals surface area contributed by atoms with Crippen molar-refractivity contribution in [3.8, 4) is 0 Å². The average Bonchev–Trinajstić information content (AvgIpc) is 3.39. The molecule has 0 N–H and O–H groups in total. The van der Waals surface area contributed by atoms with Crippen LogP contribution in [0.15, 0.2) is 0 Å². The molecule has 1 aliphatic rings. The second-order valence-corrected chi connectivity index (χ2v) is 23.3. The van der Waals surface area contributed by atoms with Crippen molar-refractivity contribution >= 4 is 11.9 Å². The van der Waals surface area contributed by atoms with Crippen molar-refractivity contribution in [1.29, 1.82) is 0 Å². The number of amides is 1. The van der Waals surface area contributed by atoms with Crippen LogP contribution in [0.1, 0.15) is 324 Å². The number of unbranched alkanes of at least 4 members (excludes halogenated alkanes) is 35. The second-order valence-electron chi connectivity index (χ2n) is 23.3. The summed E-state index contributed by atoms with van der Waals surface area (Å²) in [7, 11) is 0. The van der Waals surface area contributed by atoms with Crippen molar-refractivity contribution < 1.29 is 14.3 Å². The maximum atomic E-state index is 14.3. The van der Waals surface area contributed by atoms with Gasteiger partial charge in [0.2, 0.25) is 5.91 Å². The predicted octanol–water partition coefficient (Wildman–Crippen LogP) is 18.5. The molecule has 0 radical (unpaired) electrons. The quantitative estimate of drug-likeness (QED) is 0.0447. The Morgan fingerprint density at radius 3 is 1.14 bits per heavy atom. The maximum Gasteiger partial charge on any atom is 0.305 e. The minimum absolute atomic E-state index is 0.00394. The van der Waals surface area contributed by atoms with Gasteiger partial charge in [-0.3, -0.25) is 14.5 Å². The van der Waals surface area contributed by atoms with Crippen LogP contribution in [-0.4, -0.2) is 110 Å². The van der Waals surface area contributed by atoms with Gasteiger partial charge in [-0.15, -0.1) is 0 Å². The summed E-state index contributed by atoms with van der Waals surface area (Å²) in [5, 5.41) is 0. The molecular weight excluding hydrogens is 885 g/mol. The standard InChI is InChI=1S/C65H130N4O3/c1-6-11-16-21-26-27-28-29-30-34-38-41-51-66(54-45-46-60-72-65(71)49-40-35-25-20-15-10-5)57-50-63-48-47-56-69(61-63)64(70)62-68(55-44-39-33-24-19-14-9-4)59-58-67(52-42-36-31-22-17-12-7-2)53-43-37-32-23-18-13-8-3/h63H,6-62H2,1-5H3. The molecule has 72 heavy (non-hydrogen) atoms. The van der Waals surface area contributed by atoms with Gasteiger partial charge in [-0.2, -0.15) is 0 Å². The minimum atomic E-state index is -0.00394. The highest BCUT2D eigenvalue weighted by atomic mass is 16.5. The van der Waals surface area contributed by atoms with Gasteiger partial charge in [0.15, 0.2) is 0 Å². The molecule has 1 saturated heterocycles. The minimum Gasteiger partial charge on any atom is -0.466 e. The number of likely N-dealkylation sites (tertiary alicyclic amines) is 1. The number of rotatable bonds is 57. The Labute approximate surface area is 452 Å². The highest BCUT2D eigenvalue weighted by Gasteiger charge is 2.26. The van der Waals surface area contributed by atoms with Crippen molar-refractivity contribution in [1.82, 2.24) is 19.6 Å². The number of carbonyl (C=O) groups excluding carboxylic acids is 2. The van der Waals surface area contributed by atoms with Crippen LogP contribution in [0.2, 0.25) is 0 Å². The molecule has 0 aromatic carbocycles. The van der Waals surface area contributed by atoms with E-state index in [0.29, 0.717) is 31.4 Å². The first-order valence-corrected chi connectivity index (χ1v) is 33.1. The van der Waals surface area contributed by atoms with Gasteiger partial charge in [0.05, 0.1) is 13.2 Å². The van der Waals surface area contributed by atoms with E-state index in [1.807, 2.05) is 0 Å². The van der Waals surface area contributed by atoms with E-state index in [-0.39, 0.29) is 5.97 Å². The second kappa shape index (κ2) is 54.6. The summed E-state index contributed by atoms with van der Waals surface area (Å²) in [6, 6.07) is 0. The van der Waals surface area contributed by atoms with Crippen molar-refractivity contribution in [2.45, 2.75) is 324 Å². The third kappa shape index (κ3) is 45.1. The molecule has 0 aromatic rings. The first-order valence-electron chi connectivity index (χ1n) is 33.1. The number of nitrogens with zero attached hydrogens (tertiary/aromatic N) is 4. The molecule has 1 rings (SSSR count). The van der Waals surface area contributed by atoms with Crippen molar-refractivity contribution in [2.75, 3.05) is 78.6 Å². The van der Waals surface area contributed by atoms with E-state index in [4.69, 9.17) is 4.74 Å². The Bertz CT molecular complexity index is 1100. The molecule has 1 amide bonds. The number of ether oxygens (including phenoxy) is 1. The highest BCUT2D eigenvalue weighted by molar-refractivity contribution is 5.78. The van der Waals surface area contributed by atoms with Crippen molar-refractivity contribution in [2.24, 2.45) is 5.92 Å². The SMILES string of the molecule is CCCCCCCCCCCCCCN(CCCCOC(=O)CCCCCCCC)CCC1CCCN(C(=O)CN(CCCCCCCCC)CCN(CCCCCCCCC)CCCCCCCCC)C1. The predicted molar refractivity (Wildman–Crippen MR) is 316 cm³/mol. The first kappa shape index (κ1) is 68.8. The third-order valence-electron chi connectivity index (χ3n) is 16.2. The Morgan fingerprint density at radius 1 is 0.389 bits per heavy atom. The number of carbonyl (C=O) groups is 2. The zero-order valence-electron chi connectivity index (χ0n) is 49.9. The van der Waals surface area contributed by atoms with Crippen molar-refractivity contribution in [3.05, 3.63) is 0 Å². The smallest absolute Gasteiger partial charge is 0.305 e. The monoisotopic (exact) mass is 1020 g/mol. The summed E-state index contributed by atoms with van der Waals surface area (Å²) in [5.41, 5.74) is 0. The van der Waals surface area contributed by atoms with E-state index in [9.17, 15) is 9.59 Å². The van der Waals surface area contributed by atoms with Crippen molar-refractivity contribution in [3.63, 3.8) is 0 Å². The van der Waals surface area contributed by atoms with E-state index in [1.165, 1.54) is 270 Å². The molecule has 428 valence electrons. The molecule has 7 heteroatoms. The first-order chi connectivity index (χ1) is 35.5. The van der Waals surface area contributed by atoms with Crippen LogP contribution in [0.25, 0.3) is 0 Å². The fourth-order valence-corrected chi connectivity index (χ4v) is 11.2. The average molecular weight is 1020 g/mol. The lowest BCUT2D eigenvalue weighted by Crippen LogP contribution is -2.47. The third-order valence-corrected chi connectivity index (χ3v) is 16.2. The fraction of sp³-hybridized carbons (Fsp3) is 0.969. The lowest BCUT2D eigenvalue weighted by atomic mass is 9.94. The molecule has 1 aliphatic heterocycles. The lowest BCUT2D eigenvalue weighted by molar-refractivity contribution is -0.144. The van der Waals surface area contributed by atoms with Crippen LogP contribution in [0, 0.1) is 5.92 Å². The molecular formula is C65H130N4O3. The molecule has 1 unspecified atom stereocenters. The van der Waals surface area contributed by atoms with E-state index in [0.717, 1.165) is 77.9 Å². The lowest BCUT2D eigenvalue weighted by Gasteiger charge is -2.36. The molecule has 0 bridgehead atoms. The van der Waals surface area contributed by atoms with Gasteiger partial charge < -0.3 is 19.4 Å². The summed E-state index contributed by atoms with van der Waals surface area (Å²) in [5.74, 6) is 0.967. The van der Waals surface area contributed by atoms with Gasteiger partial charge in [0.25, 0.3) is 0 Å². The van der Waals surface area contributed by atoms with Crippen LogP contribution >= 0.6 is 0 Å². The molecule has 1 heterocycles. The van der Waals surface area contributed by atoms with Crippen LogP contribution in [0.5, 0.6) is 0 Å². The Hall–Kier alpha value is -1.18. The van der Waals surface area contributed by atoms with Crippen LogP contribution in [-0.2, 0) is 14.3 Å². The van der Waals surface area contributed by atoms with Gasteiger partial charge >= 0.3 is 5.97 Å². The number of hydrogen-bond acceptors (Lipinski definition) is 6. The highest BCUT2D eigenvalue weighted by Crippen LogP contribution is 2.22. The summed E-state index contributed by atoms with van der Waals surface area (Å²) >= 11 is 0. The molecule has 0 spiro atoms. The Balaban J connectivity index is 2.81. The molecule has 0 aliphatic carbocycles. The normalized spacial score (nSPS) is 14.2. The summed E-state index contributed by atoms with van der Waals surface area (Å²) < 4.78 is 5.68. The Kier molecular flexibility index (Phi) is 52.2. The van der Waals surface area contributed by atoms with E-state index < -0.39 is 0 Å². The molecule has 1 fully saturated rings.